The van der Waals surface area contributed by atoms with Gasteiger partial charge in [-0.05, 0) is 93.8 Å². The third-order valence-electron chi connectivity index (χ3n) is 8.47. The Morgan fingerprint density at radius 2 is 1.09 bits per heavy atom. The van der Waals surface area contributed by atoms with Crippen molar-refractivity contribution in [1.29, 1.82) is 0 Å². The first-order valence-corrected chi connectivity index (χ1v) is 21.2. The highest BCUT2D eigenvalue weighted by atomic mass is 35.5. The number of anilines is 2. The number of ether oxygens (including phenoxy) is 2. The summed E-state index contributed by atoms with van der Waals surface area (Å²) < 4.78 is 63.6. The van der Waals surface area contributed by atoms with Crippen LogP contribution in [0.3, 0.4) is 0 Å². The molecule has 0 N–H and O–H groups in total. The fraction of sp³-hybridized carbons (Fsp3) is 0.368. The lowest BCUT2D eigenvalue weighted by Gasteiger charge is -2.25. The van der Waals surface area contributed by atoms with Crippen molar-refractivity contribution in [3.8, 4) is 0 Å². The lowest BCUT2D eigenvalue weighted by atomic mass is 10.2. The van der Waals surface area contributed by atoms with E-state index in [0.29, 0.717) is 46.7 Å². The second-order valence-corrected chi connectivity index (χ2v) is 16.7. The van der Waals surface area contributed by atoms with E-state index >= 15 is 0 Å². The van der Waals surface area contributed by atoms with Crippen LogP contribution in [-0.2, 0) is 42.6 Å². The van der Waals surface area contributed by atoms with E-state index in [2.05, 4.69) is 24.3 Å². The fourth-order valence-electron chi connectivity index (χ4n) is 5.63. The summed E-state index contributed by atoms with van der Waals surface area (Å²) in [6.45, 7) is 3.08. The predicted molar refractivity (Wildman–Crippen MR) is 210 cm³/mol. The van der Waals surface area contributed by atoms with Crippen molar-refractivity contribution in [2.45, 2.75) is 38.8 Å². The predicted octanol–water partition coefficient (Wildman–Crippen LogP) is 5.52. The molecule has 5 rings (SSSR count). The van der Waals surface area contributed by atoms with Crippen LogP contribution in [0.25, 0.3) is 0 Å². The minimum atomic E-state index is -3.55. The Morgan fingerprint density at radius 3 is 1.46 bits per heavy atom. The Balaban J connectivity index is 0.000000244. The second kappa shape index (κ2) is 20.8. The molecule has 0 radical (unpaired) electrons. The molecule has 0 saturated carbocycles. The Labute approximate surface area is 323 Å². The lowest BCUT2D eigenvalue weighted by molar-refractivity contribution is 0.0591. The van der Waals surface area contributed by atoms with E-state index in [4.69, 9.17) is 11.6 Å². The highest BCUT2D eigenvalue weighted by Crippen LogP contribution is 2.23. The van der Waals surface area contributed by atoms with Gasteiger partial charge in [0.05, 0.1) is 72.7 Å². The Bertz CT molecular complexity index is 1980. The van der Waals surface area contributed by atoms with Gasteiger partial charge in [-0.2, -0.15) is 0 Å². The number of sulfonamides is 2. The number of carbonyl (C=O) groups excluding carboxylic acids is 2. The van der Waals surface area contributed by atoms with Crippen LogP contribution in [0.5, 0.6) is 0 Å². The van der Waals surface area contributed by atoms with Gasteiger partial charge in [0.2, 0.25) is 20.0 Å². The van der Waals surface area contributed by atoms with Gasteiger partial charge in [-0.3, -0.25) is 18.6 Å². The van der Waals surface area contributed by atoms with E-state index < -0.39 is 32.0 Å². The van der Waals surface area contributed by atoms with Crippen LogP contribution in [0.15, 0.2) is 97.3 Å². The van der Waals surface area contributed by atoms with Crippen LogP contribution in [0.2, 0.25) is 0 Å². The van der Waals surface area contributed by atoms with E-state index in [1.807, 2.05) is 24.3 Å². The summed E-state index contributed by atoms with van der Waals surface area (Å²) in [5.74, 6) is -0.662. The number of nitrogens with zero attached hydrogens (tertiary/aromatic N) is 5. The largest absolute Gasteiger partial charge is 0.465 e. The van der Waals surface area contributed by atoms with E-state index in [9.17, 15) is 26.4 Å². The van der Waals surface area contributed by atoms with E-state index in [1.54, 1.807) is 60.7 Å². The first kappa shape index (κ1) is 42.2. The van der Waals surface area contributed by atoms with E-state index in [1.165, 1.54) is 48.1 Å². The Morgan fingerprint density at radius 1 is 0.667 bits per heavy atom. The van der Waals surface area contributed by atoms with Crippen molar-refractivity contribution >= 4 is 55.0 Å². The summed E-state index contributed by atoms with van der Waals surface area (Å²) in [6, 6.07) is 24.3. The molecule has 1 saturated heterocycles. The van der Waals surface area contributed by atoms with Crippen molar-refractivity contribution in [3.63, 3.8) is 0 Å². The maximum absolute atomic E-state index is 13.1. The van der Waals surface area contributed by atoms with Gasteiger partial charge in [0.25, 0.3) is 0 Å². The molecule has 1 aliphatic rings. The third-order valence-corrected chi connectivity index (χ3v) is 12.4. The fourth-order valence-corrected chi connectivity index (χ4v) is 8.91. The lowest BCUT2D eigenvalue weighted by Crippen LogP contribution is -2.34. The maximum atomic E-state index is 13.1. The average molecular weight is 800 g/mol. The third kappa shape index (κ3) is 12.5. The average Bonchev–Trinajstić information content (AvgIpc) is 3.72. The molecule has 1 fully saturated rings. The van der Waals surface area contributed by atoms with Crippen molar-refractivity contribution in [1.82, 2.24) is 14.9 Å². The second-order valence-electron chi connectivity index (χ2n) is 12.3. The molecule has 1 aliphatic heterocycles. The van der Waals surface area contributed by atoms with Gasteiger partial charge < -0.3 is 14.4 Å². The summed E-state index contributed by atoms with van der Waals surface area (Å²) in [5, 5.41) is 0. The molecular weight excluding hydrogens is 754 g/mol. The number of hydrogen-bond donors (Lipinski definition) is 0. The zero-order valence-corrected chi connectivity index (χ0v) is 32.8. The number of pyridine rings is 2. The Hall–Kier alpha value is -4.57. The summed E-state index contributed by atoms with van der Waals surface area (Å²) in [7, 11) is -4.47. The van der Waals surface area contributed by atoms with Crippen molar-refractivity contribution in [2.75, 3.05) is 59.9 Å². The van der Waals surface area contributed by atoms with E-state index in [-0.39, 0.29) is 30.5 Å². The molecule has 290 valence electrons. The molecule has 0 spiro atoms. The summed E-state index contributed by atoms with van der Waals surface area (Å²) in [6.07, 6.45) is 6.12. The zero-order chi connectivity index (χ0) is 39.0. The number of alkyl halides is 1. The minimum absolute atomic E-state index is 0.0500. The molecule has 54 heavy (non-hydrogen) atoms. The SMILES string of the molecule is COC(=O)c1ccc(CN(c2ccccc2)S(=O)(=O)CCCCl)nc1.COC(=O)c1ccc(CN(c2ccccc2)S(=O)(=O)CCCN2CCCC2)nc1. The number of methoxy groups -OCH3 is 2. The summed E-state index contributed by atoms with van der Waals surface area (Å²) in [4.78, 5) is 33.8. The molecule has 0 aliphatic carbocycles. The number of likely N-dealkylation sites (tertiary alicyclic amines) is 1. The molecule has 0 amide bonds. The van der Waals surface area contributed by atoms with Gasteiger partial charge in [-0.1, -0.05) is 36.4 Å². The molecular formula is C38H46ClN5O8S2. The van der Waals surface area contributed by atoms with Gasteiger partial charge in [-0.25, -0.2) is 26.4 Å². The van der Waals surface area contributed by atoms with Gasteiger partial charge >= 0.3 is 11.9 Å². The molecule has 2 aromatic carbocycles. The number of benzene rings is 2. The standard InChI is InChI=1S/C21H27N3O4S.C17H19ClN2O4S/c1-28-21(25)18-10-11-19(22-16-18)17-24(20-8-3-2-4-9-20)29(26,27)15-7-14-23-12-5-6-13-23;1-24-17(21)14-8-9-15(19-12-14)13-20(16-6-3-2-4-7-16)25(22,23)11-5-10-18/h2-4,8-11,16H,5-7,12-15,17H2,1H3;2-4,6-9,12H,5,10-11,13H2,1H3. The molecule has 3 heterocycles. The number of carbonyl (C=O) groups is 2. The zero-order valence-electron chi connectivity index (χ0n) is 30.4. The molecule has 13 nitrogen and oxygen atoms in total. The molecule has 16 heteroatoms. The number of esters is 2. The number of halogens is 1. The topological polar surface area (TPSA) is 156 Å². The van der Waals surface area contributed by atoms with Crippen molar-refractivity contribution in [3.05, 3.63) is 120 Å². The highest BCUT2D eigenvalue weighted by molar-refractivity contribution is 7.93. The van der Waals surface area contributed by atoms with Crippen molar-refractivity contribution < 1.29 is 35.9 Å². The monoisotopic (exact) mass is 799 g/mol. The molecule has 2 aromatic heterocycles. The van der Waals surface area contributed by atoms with Crippen LogP contribution in [0.1, 0.15) is 57.8 Å². The normalized spacial score (nSPS) is 13.0. The minimum Gasteiger partial charge on any atom is -0.465 e. The maximum Gasteiger partial charge on any atom is 0.339 e. The molecule has 0 atom stereocenters. The van der Waals surface area contributed by atoms with Crippen LogP contribution >= 0.6 is 11.6 Å². The first-order chi connectivity index (χ1) is 26.0. The molecule has 0 unspecified atom stereocenters. The summed E-state index contributed by atoms with van der Waals surface area (Å²) >= 11 is 5.64. The smallest absolute Gasteiger partial charge is 0.339 e. The highest BCUT2D eigenvalue weighted by Gasteiger charge is 2.25. The molecule has 0 bridgehead atoms. The van der Waals surface area contributed by atoms with Crippen LogP contribution in [0, 0.1) is 0 Å². The van der Waals surface area contributed by atoms with E-state index in [0.717, 1.165) is 19.6 Å². The van der Waals surface area contributed by atoms with Crippen molar-refractivity contribution in [2.24, 2.45) is 0 Å². The summed E-state index contributed by atoms with van der Waals surface area (Å²) in [5.41, 5.74) is 2.87. The number of para-hydroxylation sites is 2. The van der Waals surface area contributed by atoms with Gasteiger partial charge in [0.15, 0.2) is 0 Å². The number of hydrogen-bond acceptors (Lipinski definition) is 11. The quantitative estimate of drug-likeness (QED) is 0.0979. The van der Waals surface area contributed by atoms with Gasteiger partial charge in [-0.15, -0.1) is 11.6 Å². The van der Waals surface area contributed by atoms with Crippen LogP contribution < -0.4 is 8.61 Å². The van der Waals surface area contributed by atoms with Crippen LogP contribution in [0.4, 0.5) is 11.4 Å². The molecule has 4 aromatic rings. The first-order valence-electron chi connectivity index (χ1n) is 17.4. The number of rotatable bonds is 17. The Kier molecular flexibility index (Phi) is 16.2. The van der Waals surface area contributed by atoms with Crippen LogP contribution in [-0.4, -0.2) is 94.9 Å². The van der Waals surface area contributed by atoms with Gasteiger partial charge in [0.1, 0.15) is 0 Å². The number of aromatic nitrogens is 2. The van der Waals surface area contributed by atoms with Gasteiger partial charge in [0, 0.05) is 18.3 Å².